The summed E-state index contributed by atoms with van der Waals surface area (Å²) in [5.74, 6) is -0.764. The fraction of sp³-hybridized carbons (Fsp3) is 0.158. The molecule has 2 aromatic carbocycles. The van der Waals surface area contributed by atoms with Crippen molar-refractivity contribution in [2.75, 3.05) is 0 Å². The van der Waals surface area contributed by atoms with Crippen LogP contribution < -0.4 is 5.32 Å². The topological polar surface area (TPSA) is 75.4 Å². The van der Waals surface area contributed by atoms with Crippen molar-refractivity contribution in [3.05, 3.63) is 76.5 Å². The summed E-state index contributed by atoms with van der Waals surface area (Å²) in [5, 5.41) is 17.5. The van der Waals surface area contributed by atoms with Crippen LogP contribution in [0.1, 0.15) is 34.6 Å². The summed E-state index contributed by atoms with van der Waals surface area (Å²) in [6, 6.07) is 16.3. The largest absolute Gasteiger partial charge is 0.477 e. The van der Waals surface area contributed by atoms with Crippen LogP contribution in [0.15, 0.2) is 59.1 Å². The minimum absolute atomic E-state index is 0.0808. The molecule has 5 nitrogen and oxygen atoms in total. The van der Waals surface area contributed by atoms with Gasteiger partial charge in [-0.05, 0) is 24.6 Å². The Morgan fingerprint density at radius 2 is 2.00 bits per heavy atom. The van der Waals surface area contributed by atoms with Crippen LogP contribution in [0.3, 0.4) is 0 Å². The van der Waals surface area contributed by atoms with E-state index in [9.17, 15) is 9.90 Å². The van der Waals surface area contributed by atoms with E-state index in [2.05, 4.69) is 10.5 Å². The number of hydrogen-bond acceptors (Lipinski definition) is 4. The van der Waals surface area contributed by atoms with Gasteiger partial charge in [0.1, 0.15) is 11.3 Å². The van der Waals surface area contributed by atoms with Crippen molar-refractivity contribution < 1.29 is 14.4 Å². The Hall–Kier alpha value is -2.63. The van der Waals surface area contributed by atoms with Crippen LogP contribution >= 0.6 is 11.6 Å². The molecular formula is C19H17ClN2O3. The number of carboxylic acid groups (broad SMARTS) is 1. The van der Waals surface area contributed by atoms with Gasteiger partial charge in [-0.25, -0.2) is 4.79 Å². The first kappa shape index (κ1) is 17.2. The maximum Gasteiger partial charge on any atom is 0.341 e. The number of nitrogens with one attached hydrogen (secondary N) is 1. The molecule has 0 spiro atoms. The van der Waals surface area contributed by atoms with Gasteiger partial charge in [0.05, 0.1) is 6.04 Å². The van der Waals surface area contributed by atoms with Crippen LogP contribution in [-0.4, -0.2) is 16.2 Å². The summed E-state index contributed by atoms with van der Waals surface area (Å²) in [7, 11) is 0. The Labute approximate surface area is 150 Å². The van der Waals surface area contributed by atoms with Crippen molar-refractivity contribution in [2.24, 2.45) is 0 Å². The van der Waals surface area contributed by atoms with E-state index < -0.39 is 5.97 Å². The summed E-state index contributed by atoms with van der Waals surface area (Å²) in [4.78, 5) is 11.8. The highest BCUT2D eigenvalue weighted by atomic mass is 35.5. The monoisotopic (exact) mass is 356 g/mol. The molecule has 0 aliphatic heterocycles. The van der Waals surface area contributed by atoms with Crippen molar-refractivity contribution in [3.8, 4) is 11.3 Å². The Bertz CT molecular complexity index is 877. The number of aromatic nitrogens is 1. The third-order valence-corrected chi connectivity index (χ3v) is 4.11. The van der Waals surface area contributed by atoms with E-state index in [1.54, 1.807) is 18.2 Å². The van der Waals surface area contributed by atoms with Gasteiger partial charge in [0.2, 0.25) is 0 Å². The van der Waals surface area contributed by atoms with Crippen LogP contribution in [-0.2, 0) is 6.54 Å². The lowest BCUT2D eigenvalue weighted by atomic mass is 10.0. The van der Waals surface area contributed by atoms with Gasteiger partial charge >= 0.3 is 5.97 Å². The zero-order chi connectivity index (χ0) is 17.8. The SMILES string of the molecule is C[C@@H](NCc1cccc(Cl)c1)c1onc(-c2ccccc2)c1C(=O)O. The zero-order valence-corrected chi connectivity index (χ0v) is 14.3. The fourth-order valence-electron chi connectivity index (χ4n) is 2.61. The van der Waals surface area contributed by atoms with Crippen molar-refractivity contribution in [1.29, 1.82) is 0 Å². The Kier molecular flexibility index (Phi) is 5.16. The summed E-state index contributed by atoms with van der Waals surface area (Å²) in [6.45, 7) is 2.37. The van der Waals surface area contributed by atoms with Crippen molar-refractivity contribution in [3.63, 3.8) is 0 Å². The third kappa shape index (κ3) is 3.90. The molecule has 0 unspecified atom stereocenters. The lowest BCUT2D eigenvalue weighted by Gasteiger charge is -2.12. The van der Waals surface area contributed by atoms with E-state index >= 15 is 0 Å². The first-order valence-electron chi connectivity index (χ1n) is 7.82. The van der Waals surface area contributed by atoms with Gasteiger partial charge in [0.25, 0.3) is 0 Å². The van der Waals surface area contributed by atoms with Crippen molar-refractivity contribution in [2.45, 2.75) is 19.5 Å². The van der Waals surface area contributed by atoms with E-state index in [-0.39, 0.29) is 11.6 Å². The first-order chi connectivity index (χ1) is 12.1. The molecule has 0 aliphatic carbocycles. The fourth-order valence-corrected chi connectivity index (χ4v) is 2.82. The second-order valence-corrected chi connectivity index (χ2v) is 6.11. The van der Waals surface area contributed by atoms with E-state index in [4.69, 9.17) is 16.1 Å². The molecule has 1 heterocycles. The maximum atomic E-state index is 11.8. The van der Waals surface area contributed by atoms with E-state index in [0.29, 0.717) is 28.6 Å². The molecule has 0 fully saturated rings. The van der Waals surface area contributed by atoms with Crippen LogP contribution in [0.4, 0.5) is 0 Å². The Balaban J connectivity index is 1.84. The van der Waals surface area contributed by atoms with Crippen LogP contribution in [0, 0.1) is 0 Å². The predicted molar refractivity (Wildman–Crippen MR) is 95.6 cm³/mol. The smallest absolute Gasteiger partial charge is 0.341 e. The highest BCUT2D eigenvalue weighted by Gasteiger charge is 2.26. The number of benzene rings is 2. The summed E-state index contributed by atoms with van der Waals surface area (Å²) < 4.78 is 5.37. The van der Waals surface area contributed by atoms with Crippen LogP contribution in [0.2, 0.25) is 5.02 Å². The van der Waals surface area contributed by atoms with Gasteiger partial charge in [-0.3, -0.25) is 0 Å². The number of aromatic carboxylic acids is 1. The molecule has 128 valence electrons. The van der Waals surface area contributed by atoms with E-state index in [1.807, 2.05) is 43.3 Å². The number of carboxylic acids is 1. The first-order valence-corrected chi connectivity index (χ1v) is 8.20. The standard InChI is InChI=1S/C19H17ClN2O3/c1-12(21-11-13-6-5-9-15(20)10-13)18-16(19(23)24)17(22-25-18)14-7-3-2-4-8-14/h2-10,12,21H,11H2,1H3,(H,23,24)/t12-/m1/s1. The van der Waals surface area contributed by atoms with Gasteiger partial charge in [-0.15, -0.1) is 0 Å². The molecule has 25 heavy (non-hydrogen) atoms. The minimum Gasteiger partial charge on any atom is -0.477 e. The van der Waals surface area contributed by atoms with Crippen LogP contribution in [0.25, 0.3) is 11.3 Å². The Morgan fingerprint density at radius 1 is 1.24 bits per heavy atom. The number of rotatable bonds is 6. The molecule has 0 bridgehead atoms. The molecule has 0 amide bonds. The molecule has 3 aromatic rings. The van der Waals surface area contributed by atoms with Crippen molar-refractivity contribution >= 4 is 17.6 Å². The average molecular weight is 357 g/mol. The second-order valence-electron chi connectivity index (χ2n) is 5.67. The molecule has 3 rings (SSSR count). The minimum atomic E-state index is -1.06. The lowest BCUT2D eigenvalue weighted by molar-refractivity contribution is 0.0694. The third-order valence-electron chi connectivity index (χ3n) is 3.87. The van der Waals surface area contributed by atoms with Crippen LogP contribution in [0.5, 0.6) is 0 Å². The second kappa shape index (κ2) is 7.51. The Morgan fingerprint density at radius 3 is 2.68 bits per heavy atom. The van der Waals surface area contributed by atoms with Gasteiger partial charge in [-0.1, -0.05) is 59.2 Å². The molecule has 0 saturated carbocycles. The van der Waals surface area contributed by atoms with E-state index in [1.165, 1.54) is 0 Å². The molecule has 0 radical (unpaired) electrons. The summed E-state index contributed by atoms with van der Waals surface area (Å²) in [5.41, 5.74) is 2.12. The van der Waals surface area contributed by atoms with Gasteiger partial charge in [-0.2, -0.15) is 0 Å². The number of halogens is 1. The molecular weight excluding hydrogens is 340 g/mol. The zero-order valence-electron chi connectivity index (χ0n) is 13.6. The van der Waals surface area contributed by atoms with Gasteiger partial charge in [0.15, 0.2) is 5.76 Å². The molecule has 1 aromatic heterocycles. The molecule has 2 N–H and O–H groups in total. The highest BCUT2D eigenvalue weighted by Crippen LogP contribution is 2.29. The van der Waals surface area contributed by atoms with Gasteiger partial charge in [0, 0.05) is 17.1 Å². The average Bonchev–Trinajstić information content (AvgIpc) is 3.06. The van der Waals surface area contributed by atoms with Gasteiger partial charge < -0.3 is 14.9 Å². The normalized spacial score (nSPS) is 12.1. The summed E-state index contributed by atoms with van der Waals surface area (Å²) >= 11 is 5.98. The summed E-state index contributed by atoms with van der Waals surface area (Å²) in [6.07, 6.45) is 0. The van der Waals surface area contributed by atoms with Crippen molar-refractivity contribution in [1.82, 2.24) is 10.5 Å². The molecule has 6 heteroatoms. The molecule has 0 aliphatic rings. The quantitative estimate of drug-likeness (QED) is 0.678. The molecule has 0 saturated heterocycles. The maximum absolute atomic E-state index is 11.8. The number of carbonyl (C=O) groups is 1. The lowest BCUT2D eigenvalue weighted by Crippen LogP contribution is -2.19. The highest BCUT2D eigenvalue weighted by molar-refractivity contribution is 6.30. The van der Waals surface area contributed by atoms with E-state index in [0.717, 1.165) is 5.56 Å². The number of hydrogen-bond donors (Lipinski definition) is 2. The predicted octanol–water partition coefficient (Wildman–Crippen LogP) is 4.54. The molecule has 1 atom stereocenters. The number of nitrogens with zero attached hydrogens (tertiary/aromatic N) is 1.